The van der Waals surface area contributed by atoms with Crippen molar-refractivity contribution >= 4 is 0 Å². The van der Waals surface area contributed by atoms with Crippen molar-refractivity contribution in [3.63, 3.8) is 0 Å². The molecule has 1 aromatic heterocycles. The number of para-hydroxylation sites is 1. The SMILES string of the molecule is O=c1[nH]ccnc1-c1cccc2c1OCC2. The molecule has 3 rings (SSSR count). The first kappa shape index (κ1) is 9.15. The van der Waals surface area contributed by atoms with E-state index in [0.29, 0.717) is 12.3 Å². The van der Waals surface area contributed by atoms with Crippen molar-refractivity contribution in [3.8, 4) is 17.0 Å². The van der Waals surface area contributed by atoms with E-state index in [2.05, 4.69) is 9.97 Å². The van der Waals surface area contributed by atoms with Crippen LogP contribution in [0.2, 0.25) is 0 Å². The van der Waals surface area contributed by atoms with E-state index in [9.17, 15) is 4.79 Å². The molecule has 1 N–H and O–H groups in total. The Labute approximate surface area is 91.9 Å². The topological polar surface area (TPSA) is 55.0 Å². The summed E-state index contributed by atoms with van der Waals surface area (Å²) in [6, 6.07) is 5.81. The lowest BCUT2D eigenvalue weighted by molar-refractivity contribution is 0.358. The lowest BCUT2D eigenvalue weighted by atomic mass is 10.1. The van der Waals surface area contributed by atoms with Crippen LogP contribution in [-0.4, -0.2) is 16.6 Å². The molecule has 0 aliphatic carbocycles. The maximum absolute atomic E-state index is 11.6. The summed E-state index contributed by atoms with van der Waals surface area (Å²) < 4.78 is 5.55. The second-order valence-corrected chi connectivity index (χ2v) is 3.66. The molecule has 4 heteroatoms. The van der Waals surface area contributed by atoms with Gasteiger partial charge in [-0.3, -0.25) is 4.79 Å². The molecular formula is C12H10N2O2. The van der Waals surface area contributed by atoms with Crippen LogP contribution < -0.4 is 10.3 Å². The minimum absolute atomic E-state index is 0.189. The van der Waals surface area contributed by atoms with Crippen molar-refractivity contribution in [2.45, 2.75) is 6.42 Å². The predicted molar refractivity (Wildman–Crippen MR) is 59.5 cm³/mol. The van der Waals surface area contributed by atoms with Crippen molar-refractivity contribution < 1.29 is 4.74 Å². The van der Waals surface area contributed by atoms with E-state index in [1.54, 1.807) is 6.20 Å². The van der Waals surface area contributed by atoms with Gasteiger partial charge >= 0.3 is 0 Å². The van der Waals surface area contributed by atoms with Gasteiger partial charge < -0.3 is 9.72 Å². The number of H-pyrrole nitrogens is 1. The third-order valence-electron chi connectivity index (χ3n) is 2.68. The predicted octanol–water partition coefficient (Wildman–Crippen LogP) is 1.37. The molecule has 0 spiro atoms. The summed E-state index contributed by atoms with van der Waals surface area (Å²) in [5, 5.41) is 0. The number of benzene rings is 1. The van der Waals surface area contributed by atoms with Gasteiger partial charge in [0.1, 0.15) is 11.4 Å². The van der Waals surface area contributed by atoms with Crippen molar-refractivity contribution in [1.29, 1.82) is 0 Å². The Kier molecular flexibility index (Phi) is 1.99. The summed E-state index contributed by atoms with van der Waals surface area (Å²) in [6.07, 6.45) is 3.99. The van der Waals surface area contributed by atoms with Gasteiger partial charge in [-0.05, 0) is 11.6 Å². The summed E-state index contributed by atoms with van der Waals surface area (Å²) in [5.74, 6) is 0.798. The summed E-state index contributed by atoms with van der Waals surface area (Å²) in [4.78, 5) is 18.4. The first-order valence-electron chi connectivity index (χ1n) is 5.15. The standard InChI is InChI=1S/C12H10N2O2/c15-12-10(13-5-6-14-12)9-3-1-2-8-4-7-16-11(8)9/h1-3,5-6H,4,7H2,(H,14,15). The largest absolute Gasteiger partial charge is 0.492 e. The summed E-state index contributed by atoms with van der Waals surface area (Å²) in [7, 11) is 0. The fraction of sp³-hybridized carbons (Fsp3) is 0.167. The van der Waals surface area contributed by atoms with E-state index < -0.39 is 0 Å². The number of hydrogen-bond acceptors (Lipinski definition) is 3. The monoisotopic (exact) mass is 214 g/mol. The van der Waals surface area contributed by atoms with Crippen LogP contribution in [-0.2, 0) is 6.42 Å². The highest BCUT2D eigenvalue weighted by Gasteiger charge is 2.18. The van der Waals surface area contributed by atoms with Crippen LogP contribution in [0.25, 0.3) is 11.3 Å². The fourth-order valence-electron chi connectivity index (χ4n) is 1.95. The lowest BCUT2D eigenvalue weighted by Crippen LogP contribution is -2.10. The van der Waals surface area contributed by atoms with Gasteiger partial charge in [0.25, 0.3) is 5.56 Å². The molecule has 2 aromatic rings. The molecule has 2 heterocycles. The smallest absolute Gasteiger partial charge is 0.274 e. The normalized spacial score (nSPS) is 13.2. The van der Waals surface area contributed by atoms with Gasteiger partial charge in [0, 0.05) is 24.4 Å². The van der Waals surface area contributed by atoms with Crippen LogP contribution >= 0.6 is 0 Å². The average molecular weight is 214 g/mol. The molecule has 16 heavy (non-hydrogen) atoms. The number of aromatic amines is 1. The van der Waals surface area contributed by atoms with Crippen LogP contribution in [0.3, 0.4) is 0 Å². The average Bonchev–Trinajstić information content (AvgIpc) is 2.77. The highest BCUT2D eigenvalue weighted by molar-refractivity contribution is 5.69. The number of nitrogens with zero attached hydrogens (tertiary/aromatic N) is 1. The Morgan fingerprint density at radius 1 is 1.38 bits per heavy atom. The van der Waals surface area contributed by atoms with Gasteiger partial charge in [-0.15, -0.1) is 0 Å². The van der Waals surface area contributed by atoms with Gasteiger partial charge in [-0.25, -0.2) is 4.98 Å². The van der Waals surface area contributed by atoms with Crippen molar-refractivity contribution in [2.24, 2.45) is 0 Å². The maximum atomic E-state index is 11.6. The van der Waals surface area contributed by atoms with Gasteiger partial charge in [0.15, 0.2) is 0 Å². The maximum Gasteiger partial charge on any atom is 0.274 e. The third kappa shape index (κ3) is 1.31. The molecule has 0 saturated heterocycles. The fourth-order valence-corrected chi connectivity index (χ4v) is 1.95. The molecule has 1 aliphatic heterocycles. The van der Waals surface area contributed by atoms with Crippen LogP contribution in [0.1, 0.15) is 5.56 Å². The molecule has 0 bridgehead atoms. The van der Waals surface area contributed by atoms with E-state index in [1.165, 1.54) is 6.20 Å². The minimum Gasteiger partial charge on any atom is -0.492 e. The van der Waals surface area contributed by atoms with Gasteiger partial charge in [0.05, 0.1) is 6.61 Å². The van der Waals surface area contributed by atoms with Crippen LogP contribution in [0.15, 0.2) is 35.4 Å². The molecule has 0 radical (unpaired) electrons. The zero-order chi connectivity index (χ0) is 11.0. The van der Waals surface area contributed by atoms with Gasteiger partial charge in [-0.1, -0.05) is 12.1 Å². The molecule has 0 unspecified atom stereocenters. The zero-order valence-electron chi connectivity index (χ0n) is 8.56. The number of ether oxygens (including phenoxy) is 1. The summed E-state index contributed by atoms with van der Waals surface area (Å²) >= 11 is 0. The van der Waals surface area contributed by atoms with Gasteiger partial charge in [0.2, 0.25) is 0 Å². The molecule has 0 amide bonds. The molecule has 80 valence electrons. The quantitative estimate of drug-likeness (QED) is 0.780. The number of fused-ring (bicyclic) bond motifs is 1. The van der Waals surface area contributed by atoms with Crippen LogP contribution in [0, 0.1) is 0 Å². The molecular weight excluding hydrogens is 204 g/mol. The first-order chi connectivity index (χ1) is 7.86. The lowest BCUT2D eigenvalue weighted by Gasteiger charge is -2.05. The van der Waals surface area contributed by atoms with E-state index in [-0.39, 0.29) is 5.56 Å². The molecule has 0 fully saturated rings. The van der Waals surface area contributed by atoms with E-state index in [1.807, 2.05) is 18.2 Å². The Morgan fingerprint density at radius 3 is 3.19 bits per heavy atom. The van der Waals surface area contributed by atoms with Crippen LogP contribution in [0.5, 0.6) is 5.75 Å². The first-order valence-corrected chi connectivity index (χ1v) is 5.15. The van der Waals surface area contributed by atoms with Crippen LogP contribution in [0.4, 0.5) is 0 Å². The summed E-state index contributed by atoms with van der Waals surface area (Å²) in [5.41, 5.74) is 2.15. The second kappa shape index (κ2) is 3.48. The molecule has 0 saturated carbocycles. The van der Waals surface area contributed by atoms with E-state index >= 15 is 0 Å². The number of rotatable bonds is 1. The second-order valence-electron chi connectivity index (χ2n) is 3.66. The van der Waals surface area contributed by atoms with Gasteiger partial charge in [-0.2, -0.15) is 0 Å². The van der Waals surface area contributed by atoms with E-state index in [0.717, 1.165) is 23.3 Å². The highest BCUT2D eigenvalue weighted by Crippen LogP contribution is 2.34. The minimum atomic E-state index is -0.189. The number of nitrogens with one attached hydrogen (secondary N) is 1. The number of aromatic nitrogens is 2. The Balaban J connectivity index is 2.25. The Hall–Kier alpha value is -2.10. The molecule has 1 aliphatic rings. The molecule has 0 atom stereocenters. The van der Waals surface area contributed by atoms with E-state index in [4.69, 9.17) is 4.74 Å². The van der Waals surface area contributed by atoms with Crippen molar-refractivity contribution in [3.05, 3.63) is 46.5 Å². The Bertz CT molecular complexity index is 590. The molecule has 4 nitrogen and oxygen atoms in total. The highest BCUT2D eigenvalue weighted by atomic mass is 16.5. The Morgan fingerprint density at radius 2 is 2.31 bits per heavy atom. The molecule has 1 aromatic carbocycles. The van der Waals surface area contributed by atoms with Crippen molar-refractivity contribution in [2.75, 3.05) is 6.61 Å². The van der Waals surface area contributed by atoms with Crippen molar-refractivity contribution in [1.82, 2.24) is 9.97 Å². The zero-order valence-corrected chi connectivity index (χ0v) is 8.56. The number of hydrogen-bond donors (Lipinski definition) is 1. The summed E-state index contributed by atoms with van der Waals surface area (Å²) in [6.45, 7) is 0.678. The third-order valence-corrected chi connectivity index (χ3v) is 2.68.